The number of nitrogens with zero attached hydrogens (tertiary/aromatic N) is 1. The van der Waals surface area contributed by atoms with E-state index in [1.165, 1.54) is 0 Å². The lowest BCUT2D eigenvalue weighted by Crippen LogP contribution is -2.27. The number of anilines is 1. The molecule has 5 rings (SSSR count). The van der Waals surface area contributed by atoms with Crippen molar-refractivity contribution in [3.63, 3.8) is 0 Å². The molecule has 1 fully saturated rings. The fourth-order valence-corrected chi connectivity index (χ4v) is 4.93. The zero-order valence-corrected chi connectivity index (χ0v) is 20.0. The van der Waals surface area contributed by atoms with Crippen molar-refractivity contribution in [2.24, 2.45) is 0 Å². The molecule has 1 amide bonds. The quantitative estimate of drug-likeness (QED) is 0.573. The van der Waals surface area contributed by atoms with Gasteiger partial charge in [0.25, 0.3) is 0 Å². The molecule has 2 aliphatic rings. The maximum atomic E-state index is 13.4. The molecule has 7 nitrogen and oxygen atoms in total. The normalized spacial score (nSPS) is 16.0. The van der Waals surface area contributed by atoms with Gasteiger partial charge in [-0.3, -0.25) is 9.59 Å². The summed E-state index contributed by atoms with van der Waals surface area (Å²) in [6, 6.07) is 11.7. The largest absolute Gasteiger partial charge is 0.454 e. The smallest absolute Gasteiger partial charge is 0.235 e. The minimum absolute atomic E-state index is 0.0314. The van der Waals surface area contributed by atoms with Crippen LogP contribution in [0.4, 0.5) is 5.69 Å². The predicted octanol–water partition coefficient (Wildman–Crippen LogP) is 4.21. The monoisotopic (exact) mass is 462 g/mol. The minimum atomic E-state index is -0.556. The zero-order valence-electron chi connectivity index (χ0n) is 20.0. The molecule has 178 valence electrons. The van der Waals surface area contributed by atoms with E-state index in [4.69, 9.17) is 9.47 Å². The number of hydrogen-bond donors (Lipinski definition) is 2. The average molecular weight is 463 g/mol. The summed E-state index contributed by atoms with van der Waals surface area (Å²) in [5.41, 5.74) is 3.84. The van der Waals surface area contributed by atoms with Crippen molar-refractivity contribution in [2.45, 2.75) is 57.9 Å². The third-order valence-electron chi connectivity index (χ3n) is 6.83. The van der Waals surface area contributed by atoms with Crippen molar-refractivity contribution in [1.29, 1.82) is 0 Å². The molecule has 2 aromatic carbocycles. The molecule has 1 aliphatic carbocycles. The van der Waals surface area contributed by atoms with Gasteiger partial charge in [0, 0.05) is 22.2 Å². The van der Waals surface area contributed by atoms with Gasteiger partial charge in [0.2, 0.25) is 12.7 Å². The highest BCUT2D eigenvalue weighted by atomic mass is 16.7. The molecular weight excluding hydrogens is 432 g/mol. The Morgan fingerprint density at radius 3 is 2.50 bits per heavy atom. The van der Waals surface area contributed by atoms with E-state index in [2.05, 4.69) is 32.2 Å². The second kappa shape index (κ2) is 7.87. The maximum absolute atomic E-state index is 13.4. The molecule has 1 aliphatic heterocycles. The summed E-state index contributed by atoms with van der Waals surface area (Å²) in [5.74, 6) is 1.12. The van der Waals surface area contributed by atoms with Gasteiger partial charge in [-0.05, 0) is 61.2 Å². The summed E-state index contributed by atoms with van der Waals surface area (Å²) < 4.78 is 12.9. The number of ether oxygens (including phenoxy) is 2. The molecule has 0 atom stereocenters. The third-order valence-corrected chi connectivity index (χ3v) is 6.83. The van der Waals surface area contributed by atoms with E-state index in [-0.39, 0.29) is 30.4 Å². The number of carbonyl (C=O) groups is 2. The Bertz CT molecular complexity index is 1310. The van der Waals surface area contributed by atoms with E-state index in [9.17, 15) is 14.7 Å². The van der Waals surface area contributed by atoms with Gasteiger partial charge >= 0.3 is 0 Å². The predicted molar refractivity (Wildman–Crippen MR) is 130 cm³/mol. The summed E-state index contributed by atoms with van der Waals surface area (Å²) in [6.07, 6.45) is 1.57. The molecule has 2 heterocycles. The number of benzene rings is 2. The molecule has 3 aromatic rings. The molecule has 1 saturated carbocycles. The molecule has 7 heteroatoms. The zero-order chi connectivity index (χ0) is 24.3. The number of nitrogens with one attached hydrogen (secondary N) is 1. The van der Waals surface area contributed by atoms with Gasteiger partial charge in [0.1, 0.15) is 6.61 Å². The number of amides is 1. The fourth-order valence-electron chi connectivity index (χ4n) is 4.93. The van der Waals surface area contributed by atoms with Gasteiger partial charge in [0.05, 0.1) is 17.5 Å². The highest BCUT2D eigenvalue weighted by Crippen LogP contribution is 2.51. The number of aromatic nitrogens is 1. The van der Waals surface area contributed by atoms with Crippen LogP contribution in [0.1, 0.15) is 50.4 Å². The number of aliphatic hydroxyl groups is 1. The van der Waals surface area contributed by atoms with Crippen LogP contribution in [0.2, 0.25) is 0 Å². The van der Waals surface area contributed by atoms with Crippen LogP contribution in [-0.4, -0.2) is 34.8 Å². The van der Waals surface area contributed by atoms with E-state index < -0.39 is 12.0 Å². The molecule has 0 radical (unpaired) electrons. The molecule has 2 N–H and O–H groups in total. The van der Waals surface area contributed by atoms with Gasteiger partial charge in [-0.1, -0.05) is 26.8 Å². The lowest BCUT2D eigenvalue weighted by atomic mass is 9.92. The van der Waals surface area contributed by atoms with E-state index >= 15 is 0 Å². The summed E-state index contributed by atoms with van der Waals surface area (Å²) in [6.45, 7) is 8.11. The van der Waals surface area contributed by atoms with E-state index in [1.807, 2.05) is 41.8 Å². The molecular formula is C27H30N2O5. The number of Topliss-reactive ketones (excluding diaryl/α,β-unsaturated/α-hetero) is 1. The minimum Gasteiger partial charge on any atom is -0.454 e. The lowest BCUT2D eigenvalue weighted by Gasteiger charge is -2.22. The molecule has 0 bridgehead atoms. The number of ketones is 1. The van der Waals surface area contributed by atoms with Crippen LogP contribution in [-0.2, 0) is 27.0 Å². The molecule has 0 spiro atoms. The van der Waals surface area contributed by atoms with E-state index in [1.54, 1.807) is 0 Å². The Hall–Kier alpha value is -3.32. The van der Waals surface area contributed by atoms with Crippen molar-refractivity contribution in [2.75, 3.05) is 18.7 Å². The van der Waals surface area contributed by atoms with Crippen LogP contribution in [0.5, 0.6) is 11.5 Å². The summed E-state index contributed by atoms with van der Waals surface area (Å²) >= 11 is 0. The Balaban J connectivity index is 1.48. The average Bonchev–Trinajstić information content (AvgIpc) is 3.31. The fraction of sp³-hybridized carbons (Fsp3) is 0.407. The van der Waals surface area contributed by atoms with E-state index in [0.717, 1.165) is 46.3 Å². The second-order valence-corrected chi connectivity index (χ2v) is 10.4. The van der Waals surface area contributed by atoms with Crippen LogP contribution < -0.4 is 14.8 Å². The van der Waals surface area contributed by atoms with Crippen LogP contribution in [0, 0.1) is 6.92 Å². The number of hydrogen-bond acceptors (Lipinski definition) is 5. The number of fused-ring (bicyclic) bond motifs is 2. The summed E-state index contributed by atoms with van der Waals surface area (Å²) in [5, 5.41) is 13.4. The first kappa shape index (κ1) is 22.5. The van der Waals surface area contributed by atoms with Gasteiger partial charge in [0.15, 0.2) is 17.3 Å². The highest BCUT2D eigenvalue weighted by molar-refractivity contribution is 6.03. The van der Waals surface area contributed by atoms with Gasteiger partial charge in [-0.15, -0.1) is 0 Å². The number of carbonyl (C=O) groups excluding carboxylic acids is 2. The van der Waals surface area contributed by atoms with Crippen molar-refractivity contribution < 1.29 is 24.2 Å². The van der Waals surface area contributed by atoms with Crippen LogP contribution in [0.25, 0.3) is 10.9 Å². The third kappa shape index (κ3) is 3.74. The van der Waals surface area contributed by atoms with Crippen LogP contribution >= 0.6 is 0 Å². The number of rotatable bonds is 6. The molecule has 0 saturated heterocycles. The van der Waals surface area contributed by atoms with Gasteiger partial charge in [-0.25, -0.2) is 0 Å². The van der Waals surface area contributed by atoms with Crippen LogP contribution in [0.15, 0.2) is 36.4 Å². The van der Waals surface area contributed by atoms with Crippen molar-refractivity contribution in [3.05, 3.63) is 53.2 Å². The van der Waals surface area contributed by atoms with E-state index in [0.29, 0.717) is 11.5 Å². The maximum Gasteiger partial charge on any atom is 0.235 e. The first-order valence-electron chi connectivity index (χ1n) is 11.6. The number of aryl methyl sites for hydroxylation is 1. The Morgan fingerprint density at radius 2 is 1.82 bits per heavy atom. The molecule has 0 unspecified atom stereocenters. The summed E-state index contributed by atoms with van der Waals surface area (Å²) in [7, 11) is 0. The first-order chi connectivity index (χ1) is 16.1. The topological polar surface area (TPSA) is 89.8 Å². The first-order valence-corrected chi connectivity index (χ1v) is 11.6. The van der Waals surface area contributed by atoms with Gasteiger partial charge < -0.3 is 24.5 Å². The van der Waals surface area contributed by atoms with Gasteiger partial charge in [-0.2, -0.15) is 0 Å². The Morgan fingerprint density at radius 1 is 1.09 bits per heavy atom. The van der Waals surface area contributed by atoms with Crippen molar-refractivity contribution in [3.8, 4) is 11.5 Å². The Labute approximate surface area is 198 Å². The number of aliphatic hydroxyl groups excluding tert-OH is 1. The summed E-state index contributed by atoms with van der Waals surface area (Å²) in [4.78, 5) is 25.5. The molecule has 1 aromatic heterocycles. The van der Waals surface area contributed by atoms with Crippen molar-refractivity contribution in [1.82, 2.24) is 4.57 Å². The Kier molecular flexibility index (Phi) is 5.20. The lowest BCUT2D eigenvalue weighted by molar-refractivity contribution is -0.122. The SMILES string of the molecule is Cc1cc(NC(=O)C2(c3ccc4c(c3)OCO4)CC2)cc2cc(C(C)(C)C)n(CC(=O)CO)c12. The highest BCUT2D eigenvalue weighted by Gasteiger charge is 2.51. The second-order valence-electron chi connectivity index (χ2n) is 10.4. The van der Waals surface area contributed by atoms with Crippen molar-refractivity contribution >= 4 is 28.3 Å². The standard InChI is InChI=1S/C27H30N2O5/c1-16-9-19(10-17-11-23(26(2,3)4)29(24(16)17)13-20(31)14-30)28-25(32)27(7-8-27)18-5-6-21-22(12-18)34-15-33-21/h5-6,9-12,30H,7-8,13-15H2,1-4H3,(H,28,32). The molecule has 34 heavy (non-hydrogen) atoms. The van der Waals surface area contributed by atoms with Crippen LogP contribution in [0.3, 0.4) is 0 Å².